The molecule has 0 spiro atoms. The smallest absolute Gasteiger partial charge is 0.330 e. The molecule has 0 aliphatic carbocycles. The average molecular weight is 183 g/mol. The van der Waals surface area contributed by atoms with E-state index in [1.54, 1.807) is 25.5 Å². The SMILES string of the molecule is COC(=O)[C@H](C)n1nc(C)nc1C. The van der Waals surface area contributed by atoms with Crippen molar-refractivity contribution in [3.8, 4) is 0 Å². The fourth-order valence-electron chi connectivity index (χ4n) is 1.17. The standard InChI is InChI=1S/C8H13N3O2/c1-5(8(12)13-4)11-7(3)9-6(2)10-11/h5H,1-4H3/t5-/m0/s1. The maximum Gasteiger partial charge on any atom is 0.330 e. The van der Waals surface area contributed by atoms with Gasteiger partial charge in [-0.3, -0.25) is 0 Å². The van der Waals surface area contributed by atoms with Crippen LogP contribution in [0.3, 0.4) is 0 Å². The number of ether oxygens (including phenoxy) is 1. The summed E-state index contributed by atoms with van der Waals surface area (Å²) in [5.41, 5.74) is 0. The van der Waals surface area contributed by atoms with E-state index in [0.717, 1.165) is 5.82 Å². The third-order valence-electron chi connectivity index (χ3n) is 1.82. The van der Waals surface area contributed by atoms with Crippen LogP contribution >= 0.6 is 0 Å². The molecule has 0 radical (unpaired) electrons. The molecule has 0 unspecified atom stereocenters. The Morgan fingerprint density at radius 2 is 2.15 bits per heavy atom. The van der Waals surface area contributed by atoms with E-state index >= 15 is 0 Å². The molecule has 0 aliphatic rings. The summed E-state index contributed by atoms with van der Waals surface area (Å²) in [6, 6.07) is -0.411. The van der Waals surface area contributed by atoms with Crippen molar-refractivity contribution in [2.45, 2.75) is 26.8 Å². The van der Waals surface area contributed by atoms with Gasteiger partial charge < -0.3 is 4.74 Å². The molecule has 72 valence electrons. The van der Waals surface area contributed by atoms with E-state index < -0.39 is 6.04 Å². The topological polar surface area (TPSA) is 57.0 Å². The molecule has 1 aromatic heterocycles. The van der Waals surface area contributed by atoms with Gasteiger partial charge in [-0.1, -0.05) is 0 Å². The lowest BCUT2D eigenvalue weighted by molar-refractivity contribution is -0.144. The van der Waals surface area contributed by atoms with Crippen LogP contribution in [0.5, 0.6) is 0 Å². The van der Waals surface area contributed by atoms with Gasteiger partial charge in [-0.2, -0.15) is 5.10 Å². The van der Waals surface area contributed by atoms with E-state index in [2.05, 4.69) is 14.8 Å². The normalized spacial score (nSPS) is 12.6. The van der Waals surface area contributed by atoms with Crippen molar-refractivity contribution in [1.82, 2.24) is 14.8 Å². The van der Waals surface area contributed by atoms with Crippen LogP contribution in [0.25, 0.3) is 0 Å². The number of hydrogen-bond acceptors (Lipinski definition) is 4. The molecular weight excluding hydrogens is 170 g/mol. The van der Waals surface area contributed by atoms with E-state index in [0.29, 0.717) is 5.82 Å². The highest BCUT2D eigenvalue weighted by atomic mass is 16.5. The Labute approximate surface area is 76.7 Å². The highest BCUT2D eigenvalue weighted by Gasteiger charge is 2.18. The first kappa shape index (κ1) is 9.70. The highest BCUT2D eigenvalue weighted by molar-refractivity contribution is 5.73. The molecule has 0 fully saturated rings. The Kier molecular flexibility index (Phi) is 2.65. The van der Waals surface area contributed by atoms with Gasteiger partial charge in [0.15, 0.2) is 0 Å². The number of carbonyl (C=O) groups is 1. The molecule has 0 saturated heterocycles. The summed E-state index contributed by atoms with van der Waals surface area (Å²) in [6.07, 6.45) is 0. The van der Waals surface area contributed by atoms with Gasteiger partial charge in [0.25, 0.3) is 0 Å². The molecule has 1 atom stereocenters. The van der Waals surface area contributed by atoms with Crippen molar-refractivity contribution in [1.29, 1.82) is 0 Å². The quantitative estimate of drug-likeness (QED) is 0.631. The molecule has 0 amide bonds. The zero-order chi connectivity index (χ0) is 10.0. The molecule has 0 N–H and O–H groups in total. The zero-order valence-corrected chi connectivity index (χ0v) is 8.24. The highest BCUT2D eigenvalue weighted by Crippen LogP contribution is 2.08. The third-order valence-corrected chi connectivity index (χ3v) is 1.82. The minimum absolute atomic E-state index is 0.312. The first-order valence-electron chi connectivity index (χ1n) is 4.04. The predicted molar refractivity (Wildman–Crippen MR) is 46.2 cm³/mol. The molecule has 1 aromatic rings. The summed E-state index contributed by atoms with van der Waals surface area (Å²) in [5, 5.41) is 4.08. The van der Waals surface area contributed by atoms with E-state index in [9.17, 15) is 4.79 Å². The van der Waals surface area contributed by atoms with E-state index in [1.807, 2.05) is 0 Å². The minimum Gasteiger partial charge on any atom is -0.467 e. The van der Waals surface area contributed by atoms with Crippen LogP contribution in [0.4, 0.5) is 0 Å². The van der Waals surface area contributed by atoms with Gasteiger partial charge in [-0.15, -0.1) is 0 Å². The third kappa shape index (κ3) is 1.85. The zero-order valence-electron chi connectivity index (χ0n) is 8.24. The first-order chi connectivity index (χ1) is 6.06. The second-order valence-electron chi connectivity index (χ2n) is 2.85. The van der Waals surface area contributed by atoms with Crippen molar-refractivity contribution in [3.05, 3.63) is 11.6 Å². The van der Waals surface area contributed by atoms with Gasteiger partial charge in [0, 0.05) is 0 Å². The van der Waals surface area contributed by atoms with E-state index in [1.165, 1.54) is 7.11 Å². The number of nitrogens with zero attached hydrogens (tertiary/aromatic N) is 3. The van der Waals surface area contributed by atoms with Crippen molar-refractivity contribution in [2.24, 2.45) is 0 Å². The Balaban J connectivity index is 2.94. The molecule has 0 aromatic carbocycles. The Morgan fingerprint density at radius 1 is 1.54 bits per heavy atom. The second kappa shape index (κ2) is 3.55. The van der Waals surface area contributed by atoms with Crippen LogP contribution in [0, 0.1) is 13.8 Å². The van der Waals surface area contributed by atoms with Gasteiger partial charge in [-0.05, 0) is 20.8 Å². The minimum atomic E-state index is -0.411. The van der Waals surface area contributed by atoms with Gasteiger partial charge in [0.05, 0.1) is 7.11 Å². The molecule has 0 aliphatic heterocycles. The Morgan fingerprint density at radius 3 is 2.54 bits per heavy atom. The molecule has 1 rings (SSSR count). The molecule has 5 heteroatoms. The molecular formula is C8H13N3O2. The van der Waals surface area contributed by atoms with Gasteiger partial charge in [0.2, 0.25) is 0 Å². The fraction of sp³-hybridized carbons (Fsp3) is 0.625. The number of hydrogen-bond donors (Lipinski definition) is 0. The predicted octanol–water partition coefficient (Wildman–Crippen LogP) is 0.629. The monoisotopic (exact) mass is 183 g/mol. The number of methoxy groups -OCH3 is 1. The number of rotatable bonds is 2. The van der Waals surface area contributed by atoms with Gasteiger partial charge in [-0.25, -0.2) is 14.5 Å². The van der Waals surface area contributed by atoms with Crippen LogP contribution in [0.2, 0.25) is 0 Å². The lowest BCUT2D eigenvalue weighted by atomic mass is 10.3. The lowest BCUT2D eigenvalue weighted by Gasteiger charge is -2.09. The summed E-state index contributed by atoms with van der Waals surface area (Å²) < 4.78 is 6.16. The van der Waals surface area contributed by atoms with Crippen LogP contribution in [0.1, 0.15) is 24.6 Å². The number of aromatic nitrogens is 3. The van der Waals surface area contributed by atoms with Crippen molar-refractivity contribution >= 4 is 5.97 Å². The molecule has 1 heterocycles. The number of carbonyl (C=O) groups excluding carboxylic acids is 1. The van der Waals surface area contributed by atoms with Crippen LogP contribution in [-0.2, 0) is 9.53 Å². The van der Waals surface area contributed by atoms with Crippen molar-refractivity contribution in [2.75, 3.05) is 7.11 Å². The largest absolute Gasteiger partial charge is 0.467 e. The van der Waals surface area contributed by atoms with E-state index in [-0.39, 0.29) is 5.97 Å². The average Bonchev–Trinajstić information content (AvgIpc) is 2.42. The summed E-state index contributed by atoms with van der Waals surface area (Å²) in [7, 11) is 1.36. The molecule has 5 nitrogen and oxygen atoms in total. The summed E-state index contributed by atoms with van der Waals surface area (Å²) in [4.78, 5) is 15.3. The molecule has 0 saturated carbocycles. The van der Waals surface area contributed by atoms with Crippen molar-refractivity contribution < 1.29 is 9.53 Å². The number of esters is 1. The number of aryl methyl sites for hydroxylation is 2. The summed E-state index contributed by atoms with van der Waals surface area (Å²) >= 11 is 0. The molecule has 13 heavy (non-hydrogen) atoms. The van der Waals surface area contributed by atoms with Gasteiger partial charge >= 0.3 is 5.97 Å². The van der Waals surface area contributed by atoms with E-state index in [4.69, 9.17) is 0 Å². The lowest BCUT2D eigenvalue weighted by Crippen LogP contribution is -2.20. The second-order valence-corrected chi connectivity index (χ2v) is 2.85. The van der Waals surface area contributed by atoms with Gasteiger partial charge in [0.1, 0.15) is 17.7 Å². The molecule has 0 bridgehead atoms. The van der Waals surface area contributed by atoms with Crippen LogP contribution in [-0.4, -0.2) is 27.8 Å². The Hall–Kier alpha value is -1.39. The first-order valence-corrected chi connectivity index (χ1v) is 4.04. The Bertz CT molecular complexity index is 319. The van der Waals surface area contributed by atoms with Crippen LogP contribution in [0.15, 0.2) is 0 Å². The fourth-order valence-corrected chi connectivity index (χ4v) is 1.17. The summed E-state index contributed by atoms with van der Waals surface area (Å²) in [6.45, 7) is 5.32. The maximum atomic E-state index is 11.2. The maximum absolute atomic E-state index is 11.2. The van der Waals surface area contributed by atoms with Crippen molar-refractivity contribution in [3.63, 3.8) is 0 Å². The summed E-state index contributed by atoms with van der Waals surface area (Å²) in [5.74, 6) is 1.07. The van der Waals surface area contributed by atoms with Crippen LogP contribution < -0.4 is 0 Å².